The van der Waals surface area contributed by atoms with E-state index in [2.05, 4.69) is 13.2 Å². The lowest BCUT2D eigenvalue weighted by Gasteiger charge is -2.49. The monoisotopic (exact) mass is 302 g/mol. The molecular formula is C17H18O5. The molecule has 0 aromatic heterocycles. The zero-order chi connectivity index (χ0) is 16.2. The van der Waals surface area contributed by atoms with Crippen LogP contribution in [0.3, 0.4) is 0 Å². The number of ketones is 1. The van der Waals surface area contributed by atoms with Gasteiger partial charge in [-0.05, 0) is 23.5 Å². The number of fused-ring (bicyclic) bond motifs is 3. The van der Waals surface area contributed by atoms with Crippen molar-refractivity contribution in [3.63, 3.8) is 0 Å². The number of esters is 2. The summed E-state index contributed by atoms with van der Waals surface area (Å²) in [5.41, 5.74) is 0.286. The van der Waals surface area contributed by atoms with Crippen molar-refractivity contribution in [1.82, 2.24) is 0 Å². The third-order valence-corrected chi connectivity index (χ3v) is 4.97. The van der Waals surface area contributed by atoms with Crippen LogP contribution in [0.5, 0.6) is 0 Å². The minimum atomic E-state index is -0.565. The zero-order valence-electron chi connectivity index (χ0n) is 12.6. The SMILES string of the molecule is C=C1C(=O)O[C@H]2[C@H]1[C@@H](OC(C)=O)C[C@]1(C)C=CC(=O)C(=C)[C@H]21. The molecule has 116 valence electrons. The second-order valence-corrected chi connectivity index (χ2v) is 6.48. The van der Waals surface area contributed by atoms with Gasteiger partial charge in [-0.3, -0.25) is 9.59 Å². The fraction of sp³-hybridized carbons (Fsp3) is 0.471. The molecule has 0 amide bonds. The summed E-state index contributed by atoms with van der Waals surface area (Å²) in [6.07, 6.45) is 2.75. The zero-order valence-corrected chi connectivity index (χ0v) is 12.6. The molecule has 0 aromatic rings. The maximum absolute atomic E-state index is 12.0. The van der Waals surface area contributed by atoms with Crippen molar-refractivity contribution in [1.29, 1.82) is 0 Å². The molecule has 0 aromatic carbocycles. The Hall–Kier alpha value is -2.17. The highest BCUT2D eigenvalue weighted by molar-refractivity contribution is 6.05. The van der Waals surface area contributed by atoms with Crippen molar-refractivity contribution in [3.8, 4) is 0 Å². The summed E-state index contributed by atoms with van der Waals surface area (Å²) in [6.45, 7) is 11.0. The topological polar surface area (TPSA) is 69.7 Å². The van der Waals surface area contributed by atoms with Crippen LogP contribution in [0.15, 0.2) is 36.5 Å². The molecule has 2 aliphatic carbocycles. The number of ether oxygens (including phenoxy) is 2. The summed E-state index contributed by atoms with van der Waals surface area (Å²) in [5.74, 6) is -1.80. The van der Waals surface area contributed by atoms with Gasteiger partial charge in [0, 0.05) is 18.4 Å². The molecule has 5 nitrogen and oxygen atoms in total. The van der Waals surface area contributed by atoms with Gasteiger partial charge in [-0.15, -0.1) is 0 Å². The number of rotatable bonds is 1. The molecule has 3 aliphatic rings. The minimum Gasteiger partial charge on any atom is -0.462 e. The van der Waals surface area contributed by atoms with Crippen molar-refractivity contribution in [3.05, 3.63) is 36.5 Å². The molecule has 1 heterocycles. The smallest absolute Gasteiger partial charge is 0.334 e. The van der Waals surface area contributed by atoms with Crippen LogP contribution in [0.4, 0.5) is 0 Å². The predicted octanol–water partition coefficient (Wildman–Crippen LogP) is 1.74. The lowest BCUT2D eigenvalue weighted by molar-refractivity contribution is -0.161. The lowest BCUT2D eigenvalue weighted by atomic mass is 9.56. The van der Waals surface area contributed by atoms with E-state index in [4.69, 9.17) is 9.47 Å². The first-order chi connectivity index (χ1) is 10.2. The van der Waals surface area contributed by atoms with Crippen LogP contribution in [0.25, 0.3) is 0 Å². The summed E-state index contributed by atoms with van der Waals surface area (Å²) in [5, 5.41) is 0. The van der Waals surface area contributed by atoms with Gasteiger partial charge in [-0.2, -0.15) is 0 Å². The van der Waals surface area contributed by atoms with Crippen LogP contribution in [0, 0.1) is 17.3 Å². The Morgan fingerprint density at radius 2 is 2.05 bits per heavy atom. The molecule has 1 saturated carbocycles. The molecule has 0 bridgehead atoms. The standard InChI is InChI=1S/C17H18O5/c1-8-11(19)5-6-17(4)7-12(21-10(3)18)13-9(2)16(20)22-15(13)14(8)17/h5-6,12-15H,1-2,7H2,3-4H3/t12-,13+,14+,15-,17-/m0/s1. The molecule has 0 unspecified atom stereocenters. The fourth-order valence-electron chi connectivity index (χ4n) is 4.00. The van der Waals surface area contributed by atoms with Crippen molar-refractivity contribution < 1.29 is 23.9 Å². The van der Waals surface area contributed by atoms with Crippen LogP contribution in [-0.2, 0) is 23.9 Å². The lowest BCUT2D eigenvalue weighted by Crippen LogP contribution is -2.53. The van der Waals surface area contributed by atoms with Crippen molar-refractivity contribution in [2.45, 2.75) is 32.5 Å². The minimum absolute atomic E-state index is 0.152. The van der Waals surface area contributed by atoms with Gasteiger partial charge >= 0.3 is 11.9 Å². The van der Waals surface area contributed by atoms with Gasteiger partial charge in [-0.1, -0.05) is 26.2 Å². The van der Waals surface area contributed by atoms with Crippen LogP contribution < -0.4 is 0 Å². The normalized spacial score (nSPS) is 40.1. The summed E-state index contributed by atoms with van der Waals surface area (Å²) in [7, 11) is 0. The van der Waals surface area contributed by atoms with E-state index in [1.165, 1.54) is 13.0 Å². The highest BCUT2D eigenvalue weighted by Gasteiger charge is 2.60. The Kier molecular flexibility index (Phi) is 3.13. The van der Waals surface area contributed by atoms with Gasteiger partial charge in [-0.25, -0.2) is 4.79 Å². The van der Waals surface area contributed by atoms with E-state index in [9.17, 15) is 14.4 Å². The molecule has 2 fully saturated rings. The molecule has 0 radical (unpaired) electrons. The number of carbonyl (C=O) groups is 3. The van der Waals surface area contributed by atoms with E-state index >= 15 is 0 Å². The Labute approximate surface area is 128 Å². The number of hydrogen-bond donors (Lipinski definition) is 0. The van der Waals surface area contributed by atoms with E-state index in [1.54, 1.807) is 0 Å². The van der Waals surface area contributed by atoms with Crippen LogP contribution in [-0.4, -0.2) is 29.9 Å². The molecule has 22 heavy (non-hydrogen) atoms. The molecule has 1 saturated heterocycles. The quantitative estimate of drug-likeness (QED) is 0.545. The second kappa shape index (κ2) is 4.66. The highest BCUT2D eigenvalue weighted by Crippen LogP contribution is 2.55. The largest absolute Gasteiger partial charge is 0.462 e. The summed E-state index contributed by atoms with van der Waals surface area (Å²) in [6, 6.07) is 0. The first kappa shape index (κ1) is 14.8. The first-order valence-electron chi connectivity index (χ1n) is 7.24. The summed E-state index contributed by atoms with van der Waals surface area (Å²) >= 11 is 0. The van der Waals surface area contributed by atoms with Gasteiger partial charge in [0.05, 0.1) is 5.92 Å². The highest BCUT2D eigenvalue weighted by atomic mass is 16.6. The average Bonchev–Trinajstić information content (AvgIpc) is 2.70. The van der Waals surface area contributed by atoms with Gasteiger partial charge in [0.15, 0.2) is 5.78 Å². The maximum atomic E-state index is 12.0. The van der Waals surface area contributed by atoms with Crippen LogP contribution in [0.2, 0.25) is 0 Å². The third kappa shape index (κ3) is 1.95. The predicted molar refractivity (Wildman–Crippen MR) is 77.6 cm³/mol. The average molecular weight is 302 g/mol. The maximum Gasteiger partial charge on any atom is 0.334 e. The Morgan fingerprint density at radius 3 is 2.68 bits per heavy atom. The Balaban J connectivity index is 2.07. The number of allylic oxidation sites excluding steroid dienone is 2. The van der Waals surface area contributed by atoms with Crippen LogP contribution >= 0.6 is 0 Å². The molecular weight excluding hydrogens is 284 g/mol. The first-order valence-corrected chi connectivity index (χ1v) is 7.24. The van der Waals surface area contributed by atoms with Gasteiger partial charge in [0.25, 0.3) is 0 Å². The van der Waals surface area contributed by atoms with Crippen molar-refractivity contribution in [2.75, 3.05) is 0 Å². The summed E-state index contributed by atoms with van der Waals surface area (Å²) in [4.78, 5) is 35.3. The van der Waals surface area contributed by atoms with Crippen molar-refractivity contribution >= 4 is 17.7 Å². The van der Waals surface area contributed by atoms with E-state index in [-0.39, 0.29) is 11.7 Å². The van der Waals surface area contributed by atoms with E-state index < -0.39 is 35.5 Å². The fourth-order valence-corrected chi connectivity index (χ4v) is 4.00. The van der Waals surface area contributed by atoms with E-state index in [0.29, 0.717) is 17.6 Å². The molecule has 5 atom stereocenters. The van der Waals surface area contributed by atoms with Crippen molar-refractivity contribution in [2.24, 2.45) is 17.3 Å². The molecule has 1 aliphatic heterocycles. The number of hydrogen-bond acceptors (Lipinski definition) is 5. The summed E-state index contributed by atoms with van der Waals surface area (Å²) < 4.78 is 10.9. The van der Waals surface area contributed by atoms with Gasteiger partial charge in [0.2, 0.25) is 0 Å². The Morgan fingerprint density at radius 1 is 1.36 bits per heavy atom. The van der Waals surface area contributed by atoms with Gasteiger partial charge < -0.3 is 9.47 Å². The van der Waals surface area contributed by atoms with E-state index in [0.717, 1.165) is 0 Å². The van der Waals surface area contributed by atoms with E-state index in [1.807, 2.05) is 13.0 Å². The molecule has 0 N–H and O–H groups in total. The third-order valence-electron chi connectivity index (χ3n) is 4.97. The molecule has 0 spiro atoms. The molecule has 3 rings (SSSR count). The molecule has 5 heteroatoms. The second-order valence-electron chi connectivity index (χ2n) is 6.48. The Bertz CT molecular complexity index is 643. The van der Waals surface area contributed by atoms with Crippen LogP contribution in [0.1, 0.15) is 20.3 Å². The van der Waals surface area contributed by atoms with Gasteiger partial charge in [0.1, 0.15) is 12.2 Å². The number of carbonyl (C=O) groups excluding carboxylic acids is 3.